The summed E-state index contributed by atoms with van der Waals surface area (Å²) >= 11 is 0. The second-order valence-corrected chi connectivity index (χ2v) is 7.51. The van der Waals surface area contributed by atoms with Crippen molar-refractivity contribution in [3.63, 3.8) is 0 Å². The monoisotopic (exact) mass is 329 g/mol. The van der Waals surface area contributed by atoms with Crippen molar-refractivity contribution in [2.75, 3.05) is 13.1 Å². The number of hydrogen-bond acceptors (Lipinski definition) is 2. The average Bonchev–Trinajstić information content (AvgIpc) is 3.36. The molecule has 0 atom stereocenters. The lowest BCUT2D eigenvalue weighted by molar-refractivity contribution is 0.120. The number of aliphatic hydroxyl groups excluding tert-OH is 1. The van der Waals surface area contributed by atoms with Crippen LogP contribution in [0.4, 0.5) is 0 Å². The quantitative estimate of drug-likeness (QED) is 0.556. The third-order valence-corrected chi connectivity index (χ3v) is 5.33. The minimum absolute atomic E-state index is 0.108. The van der Waals surface area contributed by atoms with E-state index in [0.717, 1.165) is 51.2 Å². The highest BCUT2D eigenvalue weighted by Crippen LogP contribution is 2.48. The molecule has 0 spiro atoms. The minimum atomic E-state index is -0.108. The SMILES string of the molecule is CCNC(=NCC1(Cc2ccccc2)CC1)NC1CCC(O)CC1. The predicted octanol–water partition coefficient (Wildman–Crippen LogP) is 2.87. The highest BCUT2D eigenvalue weighted by molar-refractivity contribution is 5.80. The summed E-state index contributed by atoms with van der Waals surface area (Å²) in [4.78, 5) is 4.89. The Hall–Kier alpha value is -1.55. The lowest BCUT2D eigenvalue weighted by Gasteiger charge is -2.28. The molecular formula is C20H31N3O. The normalized spacial score (nSPS) is 26.0. The molecule has 2 aliphatic rings. The summed E-state index contributed by atoms with van der Waals surface area (Å²) in [5, 5.41) is 16.6. The van der Waals surface area contributed by atoms with Crippen LogP contribution in [0.25, 0.3) is 0 Å². The Morgan fingerprint density at radius 3 is 2.50 bits per heavy atom. The molecule has 4 nitrogen and oxygen atoms in total. The molecule has 0 bridgehead atoms. The van der Waals surface area contributed by atoms with Crippen LogP contribution in [0.1, 0.15) is 51.0 Å². The van der Waals surface area contributed by atoms with E-state index in [-0.39, 0.29) is 6.10 Å². The van der Waals surface area contributed by atoms with Gasteiger partial charge in [-0.15, -0.1) is 0 Å². The van der Waals surface area contributed by atoms with Crippen molar-refractivity contribution >= 4 is 5.96 Å². The van der Waals surface area contributed by atoms with Crippen molar-refractivity contribution in [2.45, 2.75) is 64.0 Å². The minimum Gasteiger partial charge on any atom is -0.393 e. The smallest absolute Gasteiger partial charge is 0.191 e. The summed E-state index contributed by atoms with van der Waals surface area (Å²) in [6, 6.07) is 11.2. The number of hydrogen-bond donors (Lipinski definition) is 3. The second kappa shape index (κ2) is 8.02. The van der Waals surface area contributed by atoms with Crippen molar-refractivity contribution in [3.05, 3.63) is 35.9 Å². The molecular weight excluding hydrogens is 298 g/mol. The predicted molar refractivity (Wildman–Crippen MR) is 99.2 cm³/mol. The van der Waals surface area contributed by atoms with Gasteiger partial charge in [-0.05, 0) is 62.8 Å². The molecule has 1 aromatic carbocycles. The number of aliphatic imine (C=N–C) groups is 1. The molecule has 0 aliphatic heterocycles. The van der Waals surface area contributed by atoms with Crippen LogP contribution < -0.4 is 10.6 Å². The lowest BCUT2D eigenvalue weighted by Crippen LogP contribution is -2.45. The van der Waals surface area contributed by atoms with Crippen LogP contribution in [0.15, 0.2) is 35.3 Å². The molecule has 132 valence electrons. The molecule has 2 saturated carbocycles. The van der Waals surface area contributed by atoms with Gasteiger partial charge in [-0.2, -0.15) is 0 Å². The van der Waals surface area contributed by atoms with Gasteiger partial charge in [-0.1, -0.05) is 30.3 Å². The fourth-order valence-electron chi connectivity index (χ4n) is 3.58. The molecule has 0 heterocycles. The Bertz CT molecular complexity index is 531. The Balaban J connectivity index is 1.55. The van der Waals surface area contributed by atoms with Gasteiger partial charge in [0.25, 0.3) is 0 Å². The summed E-state index contributed by atoms with van der Waals surface area (Å²) in [6.45, 7) is 3.89. The van der Waals surface area contributed by atoms with Crippen LogP contribution in [0, 0.1) is 5.41 Å². The molecule has 0 unspecified atom stereocenters. The maximum absolute atomic E-state index is 9.65. The van der Waals surface area contributed by atoms with Crippen LogP contribution in [0.3, 0.4) is 0 Å². The summed E-state index contributed by atoms with van der Waals surface area (Å²) in [7, 11) is 0. The van der Waals surface area contributed by atoms with Gasteiger partial charge in [-0.25, -0.2) is 0 Å². The number of guanidine groups is 1. The first-order chi connectivity index (χ1) is 11.7. The Morgan fingerprint density at radius 1 is 1.17 bits per heavy atom. The fourth-order valence-corrected chi connectivity index (χ4v) is 3.58. The number of aliphatic hydroxyl groups is 1. The molecule has 0 aromatic heterocycles. The lowest BCUT2D eigenvalue weighted by atomic mass is 9.93. The molecule has 0 saturated heterocycles. The molecule has 2 fully saturated rings. The van der Waals surface area contributed by atoms with E-state index in [1.807, 2.05) is 0 Å². The van der Waals surface area contributed by atoms with Crippen molar-refractivity contribution < 1.29 is 5.11 Å². The summed E-state index contributed by atoms with van der Waals surface area (Å²) in [6.07, 6.45) is 7.43. The molecule has 0 radical (unpaired) electrons. The van der Waals surface area contributed by atoms with Gasteiger partial charge in [-0.3, -0.25) is 4.99 Å². The van der Waals surface area contributed by atoms with Gasteiger partial charge in [0.1, 0.15) is 0 Å². The van der Waals surface area contributed by atoms with E-state index in [1.54, 1.807) is 0 Å². The Labute approximate surface area is 145 Å². The van der Waals surface area contributed by atoms with Crippen LogP contribution >= 0.6 is 0 Å². The van der Waals surface area contributed by atoms with Crippen LogP contribution in [-0.4, -0.2) is 36.3 Å². The van der Waals surface area contributed by atoms with Crippen LogP contribution in [0.5, 0.6) is 0 Å². The molecule has 4 heteroatoms. The summed E-state index contributed by atoms with van der Waals surface area (Å²) < 4.78 is 0. The molecule has 3 N–H and O–H groups in total. The van der Waals surface area contributed by atoms with E-state index in [0.29, 0.717) is 11.5 Å². The zero-order valence-electron chi connectivity index (χ0n) is 14.8. The van der Waals surface area contributed by atoms with Crippen LogP contribution in [-0.2, 0) is 6.42 Å². The first-order valence-electron chi connectivity index (χ1n) is 9.46. The van der Waals surface area contributed by atoms with Crippen molar-refractivity contribution in [3.8, 4) is 0 Å². The summed E-state index contributed by atoms with van der Waals surface area (Å²) in [5.41, 5.74) is 1.79. The molecule has 1 aromatic rings. The zero-order chi connectivity index (χ0) is 16.8. The topological polar surface area (TPSA) is 56.7 Å². The van der Waals surface area contributed by atoms with Gasteiger partial charge < -0.3 is 15.7 Å². The number of nitrogens with one attached hydrogen (secondary N) is 2. The van der Waals surface area contributed by atoms with Crippen molar-refractivity contribution in [1.29, 1.82) is 0 Å². The molecule has 2 aliphatic carbocycles. The largest absolute Gasteiger partial charge is 0.393 e. The van der Waals surface area contributed by atoms with Gasteiger partial charge in [0, 0.05) is 19.1 Å². The number of nitrogens with zero attached hydrogens (tertiary/aromatic N) is 1. The molecule has 3 rings (SSSR count). The maximum atomic E-state index is 9.65. The second-order valence-electron chi connectivity index (χ2n) is 7.51. The van der Waals surface area contributed by atoms with E-state index in [2.05, 4.69) is 47.9 Å². The van der Waals surface area contributed by atoms with E-state index >= 15 is 0 Å². The molecule has 0 amide bonds. The van der Waals surface area contributed by atoms with E-state index in [9.17, 15) is 5.11 Å². The third kappa shape index (κ3) is 4.97. The van der Waals surface area contributed by atoms with Crippen molar-refractivity contribution in [1.82, 2.24) is 10.6 Å². The number of rotatable bonds is 6. The Kier molecular flexibility index (Phi) is 5.77. The fraction of sp³-hybridized carbons (Fsp3) is 0.650. The van der Waals surface area contributed by atoms with Gasteiger partial charge in [0.15, 0.2) is 5.96 Å². The van der Waals surface area contributed by atoms with Gasteiger partial charge >= 0.3 is 0 Å². The van der Waals surface area contributed by atoms with E-state index in [1.165, 1.54) is 18.4 Å². The first kappa shape index (κ1) is 17.3. The van der Waals surface area contributed by atoms with Crippen molar-refractivity contribution in [2.24, 2.45) is 10.4 Å². The first-order valence-corrected chi connectivity index (χ1v) is 9.46. The Morgan fingerprint density at radius 2 is 1.88 bits per heavy atom. The maximum Gasteiger partial charge on any atom is 0.191 e. The highest BCUT2D eigenvalue weighted by Gasteiger charge is 2.42. The zero-order valence-corrected chi connectivity index (χ0v) is 14.8. The van der Waals surface area contributed by atoms with Gasteiger partial charge in [0.2, 0.25) is 0 Å². The van der Waals surface area contributed by atoms with Crippen LogP contribution in [0.2, 0.25) is 0 Å². The third-order valence-electron chi connectivity index (χ3n) is 5.33. The highest BCUT2D eigenvalue weighted by atomic mass is 16.3. The average molecular weight is 329 g/mol. The summed E-state index contributed by atoms with van der Waals surface area (Å²) in [5.74, 6) is 0.943. The van der Waals surface area contributed by atoms with E-state index < -0.39 is 0 Å². The van der Waals surface area contributed by atoms with E-state index in [4.69, 9.17) is 4.99 Å². The standard InChI is InChI=1S/C20H31N3O/c1-2-21-19(23-17-8-10-18(24)11-9-17)22-15-20(12-13-20)14-16-6-4-3-5-7-16/h3-7,17-18,24H,2,8-15H2,1H3,(H2,21,22,23). The van der Waals surface area contributed by atoms with Gasteiger partial charge in [0.05, 0.1) is 6.10 Å². The number of benzene rings is 1. The molecule has 24 heavy (non-hydrogen) atoms.